The molecule has 18 heavy (non-hydrogen) atoms. The van der Waals surface area contributed by atoms with Gasteiger partial charge in [-0.25, -0.2) is 0 Å². The van der Waals surface area contributed by atoms with Crippen molar-refractivity contribution in [2.45, 2.75) is 84.0 Å². The van der Waals surface area contributed by atoms with Crippen molar-refractivity contribution in [3.05, 3.63) is 0 Å². The average Bonchev–Trinajstić information content (AvgIpc) is 2.39. The van der Waals surface area contributed by atoms with Crippen LogP contribution in [0.5, 0.6) is 0 Å². The van der Waals surface area contributed by atoms with Crippen molar-refractivity contribution >= 4 is 0 Å². The first-order valence-corrected chi connectivity index (χ1v) is 8.19. The van der Waals surface area contributed by atoms with E-state index in [1.54, 1.807) is 0 Å². The number of hydrogen-bond donors (Lipinski definition) is 1. The fourth-order valence-corrected chi connectivity index (χ4v) is 2.16. The van der Waals surface area contributed by atoms with Crippen molar-refractivity contribution in [1.82, 2.24) is 0 Å². The van der Waals surface area contributed by atoms with Gasteiger partial charge in [0.1, 0.15) is 0 Å². The van der Waals surface area contributed by atoms with E-state index in [1.807, 2.05) is 0 Å². The zero-order chi connectivity index (χ0) is 13.3. The van der Waals surface area contributed by atoms with Crippen LogP contribution in [-0.2, 0) is 4.74 Å². The molecule has 0 aromatic rings. The van der Waals surface area contributed by atoms with Gasteiger partial charge in [0.15, 0.2) is 0 Å². The first kappa shape index (κ1) is 17.9. The summed E-state index contributed by atoms with van der Waals surface area (Å²) in [5.74, 6) is 0. The summed E-state index contributed by atoms with van der Waals surface area (Å²) in [6.07, 6.45) is 16.3. The number of nitrogens with two attached hydrogens (primary N) is 1. The van der Waals surface area contributed by atoms with Crippen LogP contribution in [0.15, 0.2) is 0 Å². The summed E-state index contributed by atoms with van der Waals surface area (Å²) < 4.78 is 5.48. The molecule has 0 rings (SSSR count). The van der Waals surface area contributed by atoms with Crippen LogP contribution < -0.4 is 5.73 Å². The predicted octanol–water partition coefficient (Wildman–Crippen LogP) is 4.66. The van der Waals surface area contributed by atoms with Crippen LogP contribution in [0.1, 0.15) is 84.0 Å². The number of rotatable bonds is 15. The van der Waals surface area contributed by atoms with Crippen LogP contribution in [0.3, 0.4) is 0 Å². The standard InChI is InChI=1S/C16H35NO/c1-2-3-4-5-6-7-8-9-10-11-12-15-18-16-13-14-17/h2-17H2,1H3. The Morgan fingerprint density at radius 1 is 0.611 bits per heavy atom. The maximum atomic E-state index is 5.48. The molecule has 0 spiro atoms. The zero-order valence-electron chi connectivity index (χ0n) is 12.6. The Bertz CT molecular complexity index is 123. The highest BCUT2D eigenvalue weighted by Crippen LogP contribution is 2.11. The van der Waals surface area contributed by atoms with Crippen LogP contribution in [0.2, 0.25) is 0 Å². The second-order valence-electron chi connectivity index (χ2n) is 5.29. The van der Waals surface area contributed by atoms with Crippen molar-refractivity contribution in [3.63, 3.8) is 0 Å². The van der Waals surface area contributed by atoms with Gasteiger partial charge in [-0.05, 0) is 19.4 Å². The first-order valence-electron chi connectivity index (χ1n) is 8.19. The molecule has 0 atom stereocenters. The SMILES string of the molecule is CCCCCCCCCCCCCOCCCN. The Morgan fingerprint density at radius 2 is 1.06 bits per heavy atom. The molecule has 0 aromatic carbocycles. The van der Waals surface area contributed by atoms with E-state index in [0.29, 0.717) is 0 Å². The molecule has 0 fully saturated rings. The minimum Gasteiger partial charge on any atom is -0.381 e. The molecule has 0 radical (unpaired) electrons. The van der Waals surface area contributed by atoms with Crippen LogP contribution >= 0.6 is 0 Å². The Balaban J connectivity index is 2.86. The number of unbranched alkanes of at least 4 members (excludes halogenated alkanes) is 10. The fraction of sp³-hybridized carbons (Fsp3) is 1.00. The van der Waals surface area contributed by atoms with E-state index in [9.17, 15) is 0 Å². The summed E-state index contributed by atoms with van der Waals surface area (Å²) in [6.45, 7) is 4.79. The Kier molecular flexibility index (Phi) is 16.8. The smallest absolute Gasteiger partial charge is 0.0478 e. The quantitative estimate of drug-likeness (QED) is 0.433. The van der Waals surface area contributed by atoms with Gasteiger partial charge in [-0.15, -0.1) is 0 Å². The van der Waals surface area contributed by atoms with Crippen LogP contribution in [0.4, 0.5) is 0 Å². The maximum absolute atomic E-state index is 5.48. The van der Waals surface area contributed by atoms with Gasteiger partial charge in [0.2, 0.25) is 0 Å². The van der Waals surface area contributed by atoms with Gasteiger partial charge in [-0.2, -0.15) is 0 Å². The first-order chi connectivity index (χ1) is 8.91. The number of hydrogen-bond acceptors (Lipinski definition) is 2. The molecule has 0 aliphatic carbocycles. The lowest BCUT2D eigenvalue weighted by atomic mass is 10.1. The normalized spacial score (nSPS) is 11.0. The van der Waals surface area contributed by atoms with E-state index in [1.165, 1.54) is 70.6 Å². The summed E-state index contributed by atoms with van der Waals surface area (Å²) in [4.78, 5) is 0. The molecular weight excluding hydrogens is 222 g/mol. The number of ether oxygens (including phenoxy) is 1. The molecule has 0 aliphatic rings. The van der Waals surface area contributed by atoms with Gasteiger partial charge in [0.05, 0.1) is 0 Å². The molecule has 0 heterocycles. The Morgan fingerprint density at radius 3 is 1.56 bits per heavy atom. The summed E-state index contributed by atoms with van der Waals surface area (Å²) in [6, 6.07) is 0. The average molecular weight is 257 g/mol. The maximum Gasteiger partial charge on any atom is 0.0478 e. The lowest BCUT2D eigenvalue weighted by Gasteiger charge is -2.04. The monoisotopic (exact) mass is 257 g/mol. The van der Waals surface area contributed by atoms with Gasteiger partial charge >= 0.3 is 0 Å². The van der Waals surface area contributed by atoms with Crippen molar-refractivity contribution in [1.29, 1.82) is 0 Å². The molecule has 0 bridgehead atoms. The van der Waals surface area contributed by atoms with Crippen LogP contribution in [0.25, 0.3) is 0 Å². The third-order valence-corrected chi connectivity index (χ3v) is 3.39. The molecule has 2 heteroatoms. The highest BCUT2D eigenvalue weighted by atomic mass is 16.5. The van der Waals surface area contributed by atoms with Crippen molar-refractivity contribution < 1.29 is 4.74 Å². The summed E-state index contributed by atoms with van der Waals surface area (Å²) >= 11 is 0. The van der Waals surface area contributed by atoms with Crippen molar-refractivity contribution in [3.8, 4) is 0 Å². The molecule has 110 valence electrons. The second-order valence-corrected chi connectivity index (χ2v) is 5.29. The largest absolute Gasteiger partial charge is 0.381 e. The molecule has 0 unspecified atom stereocenters. The Hall–Kier alpha value is -0.0800. The van der Waals surface area contributed by atoms with Crippen molar-refractivity contribution in [2.24, 2.45) is 5.73 Å². The van der Waals surface area contributed by atoms with Gasteiger partial charge in [-0.3, -0.25) is 0 Å². The van der Waals surface area contributed by atoms with E-state index in [4.69, 9.17) is 10.5 Å². The molecule has 0 amide bonds. The molecule has 2 nitrogen and oxygen atoms in total. The molecule has 0 saturated heterocycles. The Labute approximate surface area is 115 Å². The van der Waals surface area contributed by atoms with E-state index in [0.717, 1.165) is 26.2 Å². The van der Waals surface area contributed by atoms with Gasteiger partial charge in [0, 0.05) is 13.2 Å². The minimum atomic E-state index is 0.748. The van der Waals surface area contributed by atoms with Gasteiger partial charge < -0.3 is 10.5 Å². The summed E-state index contributed by atoms with van der Waals surface area (Å²) in [5, 5.41) is 0. The van der Waals surface area contributed by atoms with Gasteiger partial charge in [0.25, 0.3) is 0 Å². The molecule has 0 saturated carbocycles. The molecule has 0 aliphatic heterocycles. The minimum absolute atomic E-state index is 0.748. The van der Waals surface area contributed by atoms with Crippen LogP contribution in [-0.4, -0.2) is 19.8 Å². The lowest BCUT2D eigenvalue weighted by Crippen LogP contribution is -2.04. The predicted molar refractivity (Wildman–Crippen MR) is 81.0 cm³/mol. The van der Waals surface area contributed by atoms with Gasteiger partial charge in [-0.1, -0.05) is 71.1 Å². The van der Waals surface area contributed by atoms with E-state index >= 15 is 0 Å². The highest BCUT2D eigenvalue weighted by molar-refractivity contribution is 4.48. The van der Waals surface area contributed by atoms with E-state index < -0.39 is 0 Å². The van der Waals surface area contributed by atoms with Crippen LogP contribution in [0, 0.1) is 0 Å². The molecular formula is C16H35NO. The lowest BCUT2D eigenvalue weighted by molar-refractivity contribution is 0.129. The molecule has 0 aromatic heterocycles. The summed E-state index contributed by atoms with van der Waals surface area (Å²) in [7, 11) is 0. The third kappa shape index (κ3) is 15.9. The zero-order valence-corrected chi connectivity index (χ0v) is 12.6. The van der Waals surface area contributed by atoms with Crippen molar-refractivity contribution in [2.75, 3.05) is 19.8 Å². The second kappa shape index (κ2) is 16.9. The molecule has 2 N–H and O–H groups in total. The van der Waals surface area contributed by atoms with E-state index in [-0.39, 0.29) is 0 Å². The highest BCUT2D eigenvalue weighted by Gasteiger charge is 1.93. The summed E-state index contributed by atoms with van der Waals surface area (Å²) in [5.41, 5.74) is 5.40. The topological polar surface area (TPSA) is 35.2 Å². The fourth-order valence-electron chi connectivity index (χ4n) is 2.16. The van der Waals surface area contributed by atoms with E-state index in [2.05, 4.69) is 6.92 Å². The third-order valence-electron chi connectivity index (χ3n) is 3.39.